The monoisotopic (exact) mass is 464 g/mol. The number of ether oxygens (including phenoxy) is 1. The maximum absolute atomic E-state index is 13.7. The van der Waals surface area contributed by atoms with Gasteiger partial charge in [-0.05, 0) is 80.0 Å². The number of hydrogen-bond acceptors (Lipinski definition) is 2. The third-order valence-corrected chi connectivity index (χ3v) is 8.44. The van der Waals surface area contributed by atoms with Gasteiger partial charge in [-0.25, -0.2) is 0 Å². The molecule has 1 fully saturated rings. The first-order valence-electron chi connectivity index (χ1n) is 12.6. The van der Waals surface area contributed by atoms with Crippen molar-refractivity contribution in [2.75, 3.05) is 20.2 Å². The lowest BCUT2D eigenvalue weighted by atomic mass is 9.58. The zero-order valence-electron chi connectivity index (χ0n) is 20.7. The van der Waals surface area contributed by atoms with E-state index in [2.05, 4.69) is 65.3 Å². The number of rotatable bonds is 3. The van der Waals surface area contributed by atoms with Crippen molar-refractivity contribution in [3.8, 4) is 5.75 Å². The topological polar surface area (TPSA) is 45.3 Å². The average Bonchev–Trinajstić information content (AvgIpc) is 3.23. The van der Waals surface area contributed by atoms with Gasteiger partial charge in [0, 0.05) is 40.7 Å². The van der Waals surface area contributed by atoms with Gasteiger partial charge >= 0.3 is 0 Å². The number of aryl methyl sites for hydroxylation is 2. The van der Waals surface area contributed by atoms with Gasteiger partial charge in [0.25, 0.3) is 5.91 Å². The van der Waals surface area contributed by atoms with Crippen molar-refractivity contribution in [2.24, 2.45) is 5.92 Å². The fraction of sp³-hybridized carbons (Fsp3) is 0.323. The molecule has 0 saturated carbocycles. The number of nitrogens with zero attached hydrogens (tertiary/aromatic N) is 1. The number of aromatic amines is 1. The number of amides is 1. The SMILES string of the molecule is COc1cccc([C@]23CCN(C(=O)c4ccc(C)cc4C)CC2Cc2c([nH]c4ccccc24)C3)c1. The maximum atomic E-state index is 13.7. The molecule has 0 bridgehead atoms. The normalized spacial score (nSPS) is 21.5. The largest absolute Gasteiger partial charge is 0.497 e. The van der Waals surface area contributed by atoms with Gasteiger partial charge in [0.05, 0.1) is 7.11 Å². The molecule has 0 spiro atoms. The van der Waals surface area contributed by atoms with Gasteiger partial charge in [-0.3, -0.25) is 4.79 Å². The molecule has 1 saturated heterocycles. The molecule has 1 aromatic heterocycles. The molecule has 1 unspecified atom stereocenters. The summed E-state index contributed by atoms with van der Waals surface area (Å²) in [6.45, 7) is 5.65. The summed E-state index contributed by atoms with van der Waals surface area (Å²) in [5.74, 6) is 1.39. The first-order valence-corrected chi connectivity index (χ1v) is 12.6. The molecule has 2 aliphatic rings. The van der Waals surface area contributed by atoms with E-state index in [9.17, 15) is 4.79 Å². The third-order valence-electron chi connectivity index (χ3n) is 8.44. The van der Waals surface area contributed by atoms with E-state index in [1.54, 1.807) is 7.11 Å². The second-order valence-electron chi connectivity index (χ2n) is 10.4. The van der Waals surface area contributed by atoms with Crippen LogP contribution in [-0.2, 0) is 18.3 Å². The molecule has 35 heavy (non-hydrogen) atoms. The number of para-hydroxylation sites is 1. The first-order chi connectivity index (χ1) is 17.0. The lowest BCUT2D eigenvalue weighted by molar-refractivity contribution is 0.0500. The standard InChI is InChI=1S/C31H32N2O2/c1-20-11-12-25(21(2)15-20)30(34)33-14-13-31(22-7-6-8-24(16-22)35-3)18-29-27(17-23(31)19-33)26-9-4-5-10-28(26)32-29/h4-12,15-16,23,32H,13-14,17-19H2,1-3H3/t23?,31-/m1/s1. The molecule has 2 heterocycles. The summed E-state index contributed by atoms with van der Waals surface area (Å²) in [6, 6.07) is 23.4. The Labute approximate surface area is 206 Å². The van der Waals surface area contributed by atoms with E-state index in [4.69, 9.17) is 4.74 Å². The number of hydrogen-bond donors (Lipinski definition) is 1. The second kappa shape index (κ2) is 8.30. The molecule has 6 rings (SSSR count). The smallest absolute Gasteiger partial charge is 0.254 e. The van der Waals surface area contributed by atoms with Crippen molar-refractivity contribution in [1.82, 2.24) is 9.88 Å². The molecule has 1 amide bonds. The van der Waals surface area contributed by atoms with E-state index in [1.165, 1.54) is 33.3 Å². The van der Waals surface area contributed by atoms with Gasteiger partial charge in [-0.2, -0.15) is 0 Å². The molecule has 1 aliphatic carbocycles. The van der Waals surface area contributed by atoms with Crippen molar-refractivity contribution in [2.45, 2.75) is 38.5 Å². The van der Waals surface area contributed by atoms with Crippen LogP contribution in [0.15, 0.2) is 66.7 Å². The van der Waals surface area contributed by atoms with Crippen LogP contribution in [0.5, 0.6) is 5.75 Å². The zero-order chi connectivity index (χ0) is 24.2. The van der Waals surface area contributed by atoms with Gasteiger partial charge in [0.2, 0.25) is 0 Å². The Kier molecular flexibility index (Phi) is 5.21. The summed E-state index contributed by atoms with van der Waals surface area (Å²) in [4.78, 5) is 19.5. The highest BCUT2D eigenvalue weighted by atomic mass is 16.5. The quantitative estimate of drug-likeness (QED) is 0.405. The highest BCUT2D eigenvalue weighted by Gasteiger charge is 2.49. The van der Waals surface area contributed by atoms with Crippen LogP contribution in [0, 0.1) is 19.8 Å². The number of benzene rings is 3. The summed E-state index contributed by atoms with van der Waals surface area (Å²) in [5.41, 5.74) is 8.35. The van der Waals surface area contributed by atoms with Crippen molar-refractivity contribution in [3.05, 3.63) is 100 Å². The Bertz CT molecular complexity index is 1440. The number of carbonyl (C=O) groups is 1. The third kappa shape index (κ3) is 3.54. The van der Waals surface area contributed by atoms with Crippen LogP contribution in [-0.4, -0.2) is 36.0 Å². The highest BCUT2D eigenvalue weighted by Crippen LogP contribution is 2.49. The van der Waals surface area contributed by atoms with Crippen LogP contribution in [0.1, 0.15) is 44.7 Å². The van der Waals surface area contributed by atoms with Crippen LogP contribution in [0.4, 0.5) is 0 Å². The molecule has 1 aliphatic heterocycles. The fourth-order valence-corrected chi connectivity index (χ4v) is 6.59. The first kappa shape index (κ1) is 22.0. The Hall–Kier alpha value is -3.53. The molecule has 4 nitrogen and oxygen atoms in total. The number of carbonyl (C=O) groups excluding carboxylic acids is 1. The lowest BCUT2D eigenvalue weighted by Gasteiger charge is -2.51. The number of aromatic nitrogens is 1. The average molecular weight is 465 g/mol. The molecule has 4 heteroatoms. The molecule has 4 aromatic rings. The van der Waals surface area contributed by atoms with Crippen molar-refractivity contribution < 1.29 is 9.53 Å². The number of nitrogens with one attached hydrogen (secondary N) is 1. The van der Waals surface area contributed by atoms with E-state index in [0.717, 1.165) is 49.2 Å². The minimum absolute atomic E-state index is 0.0263. The van der Waals surface area contributed by atoms with Crippen molar-refractivity contribution in [3.63, 3.8) is 0 Å². The Morgan fingerprint density at radius 3 is 2.74 bits per heavy atom. The van der Waals surface area contributed by atoms with Crippen LogP contribution in [0.25, 0.3) is 10.9 Å². The van der Waals surface area contributed by atoms with E-state index >= 15 is 0 Å². The molecule has 0 radical (unpaired) electrons. The Morgan fingerprint density at radius 1 is 1.06 bits per heavy atom. The lowest BCUT2D eigenvalue weighted by Crippen LogP contribution is -2.55. The fourth-order valence-electron chi connectivity index (χ4n) is 6.59. The number of fused-ring (bicyclic) bond motifs is 4. The number of likely N-dealkylation sites (tertiary alicyclic amines) is 1. The van der Waals surface area contributed by atoms with Crippen LogP contribution < -0.4 is 4.74 Å². The number of piperidine rings is 1. The summed E-state index contributed by atoms with van der Waals surface area (Å²) in [6.07, 6.45) is 2.87. The molecule has 3 aromatic carbocycles. The van der Waals surface area contributed by atoms with Crippen LogP contribution >= 0.6 is 0 Å². The molecular weight excluding hydrogens is 432 g/mol. The molecule has 2 atom stereocenters. The van der Waals surface area contributed by atoms with Crippen LogP contribution in [0.3, 0.4) is 0 Å². The summed E-state index contributed by atoms with van der Waals surface area (Å²) < 4.78 is 5.61. The Balaban J connectivity index is 1.42. The van der Waals surface area contributed by atoms with Gasteiger partial charge in [0.1, 0.15) is 5.75 Å². The van der Waals surface area contributed by atoms with Gasteiger partial charge in [-0.1, -0.05) is 48.0 Å². The highest BCUT2D eigenvalue weighted by molar-refractivity contribution is 5.96. The summed E-state index contributed by atoms with van der Waals surface area (Å²) >= 11 is 0. The van der Waals surface area contributed by atoms with Gasteiger partial charge in [-0.15, -0.1) is 0 Å². The minimum atomic E-state index is -0.0263. The van der Waals surface area contributed by atoms with E-state index in [0.29, 0.717) is 5.92 Å². The number of H-pyrrole nitrogens is 1. The minimum Gasteiger partial charge on any atom is -0.497 e. The van der Waals surface area contributed by atoms with Crippen molar-refractivity contribution >= 4 is 16.8 Å². The summed E-state index contributed by atoms with van der Waals surface area (Å²) in [5, 5.41) is 1.32. The zero-order valence-corrected chi connectivity index (χ0v) is 20.7. The summed E-state index contributed by atoms with van der Waals surface area (Å²) in [7, 11) is 1.73. The van der Waals surface area contributed by atoms with E-state index in [-0.39, 0.29) is 11.3 Å². The van der Waals surface area contributed by atoms with Crippen LogP contribution in [0.2, 0.25) is 0 Å². The number of methoxy groups -OCH3 is 1. The van der Waals surface area contributed by atoms with Gasteiger partial charge < -0.3 is 14.6 Å². The predicted octanol–water partition coefficient (Wildman–Crippen LogP) is 5.99. The van der Waals surface area contributed by atoms with Crippen molar-refractivity contribution in [1.29, 1.82) is 0 Å². The van der Waals surface area contributed by atoms with E-state index < -0.39 is 0 Å². The predicted molar refractivity (Wildman–Crippen MR) is 140 cm³/mol. The Morgan fingerprint density at radius 2 is 1.91 bits per heavy atom. The molecule has 1 N–H and O–H groups in total. The maximum Gasteiger partial charge on any atom is 0.254 e. The molecular formula is C31H32N2O2. The molecule has 178 valence electrons. The van der Waals surface area contributed by atoms with Gasteiger partial charge in [0.15, 0.2) is 0 Å². The van der Waals surface area contributed by atoms with E-state index in [1.807, 2.05) is 25.1 Å². The second-order valence-corrected chi connectivity index (χ2v) is 10.4.